The van der Waals surface area contributed by atoms with Crippen molar-refractivity contribution in [3.05, 3.63) is 11.9 Å². The molecule has 1 aliphatic heterocycles. The Bertz CT molecular complexity index is 444. The highest BCUT2D eigenvalue weighted by Crippen LogP contribution is 2.09. The fourth-order valence-electron chi connectivity index (χ4n) is 1.79. The summed E-state index contributed by atoms with van der Waals surface area (Å²) in [6.45, 7) is 0.456. The predicted octanol–water partition coefficient (Wildman–Crippen LogP) is -0.989. The zero-order valence-corrected chi connectivity index (χ0v) is 9.56. The molecule has 1 unspecified atom stereocenters. The molecular weight excluding hydrogens is 222 g/mol. The van der Waals surface area contributed by atoms with Crippen molar-refractivity contribution in [2.45, 2.75) is 18.9 Å². The van der Waals surface area contributed by atoms with E-state index in [-0.39, 0.29) is 23.6 Å². The monoisotopic (exact) mass is 237 g/mol. The summed E-state index contributed by atoms with van der Waals surface area (Å²) in [5.41, 5.74) is 6.23. The summed E-state index contributed by atoms with van der Waals surface area (Å²) in [6.07, 6.45) is 2.66. The smallest absolute Gasteiger partial charge is 0.274 e. The Hall–Kier alpha value is -2.05. The molecular formula is C10H15N5O2. The molecule has 92 valence electrons. The van der Waals surface area contributed by atoms with Crippen LogP contribution in [0.2, 0.25) is 0 Å². The molecule has 0 radical (unpaired) electrons. The summed E-state index contributed by atoms with van der Waals surface area (Å²) >= 11 is 0. The topological polar surface area (TPSA) is 102 Å². The van der Waals surface area contributed by atoms with E-state index in [2.05, 4.69) is 15.7 Å². The van der Waals surface area contributed by atoms with E-state index in [4.69, 9.17) is 5.73 Å². The Labute approximate surface area is 98.4 Å². The Kier molecular flexibility index (Phi) is 2.99. The molecule has 0 saturated carbocycles. The number of carbonyl (C=O) groups is 2. The van der Waals surface area contributed by atoms with Gasteiger partial charge in [0.2, 0.25) is 5.91 Å². The molecule has 7 nitrogen and oxygen atoms in total. The second-order valence-corrected chi connectivity index (χ2v) is 4.12. The standard InChI is InChI=1S/C10H15N5O2/c1-15-5-7(11)9(14-15)10(17)13-6-2-3-8(16)12-4-6/h5-6H,2-4,11H2,1H3,(H,12,16)(H,13,17). The summed E-state index contributed by atoms with van der Waals surface area (Å²) in [4.78, 5) is 22.8. The number of nitrogen functional groups attached to an aromatic ring is 1. The number of piperidine rings is 1. The number of aromatic nitrogens is 2. The fraction of sp³-hybridized carbons (Fsp3) is 0.500. The molecule has 17 heavy (non-hydrogen) atoms. The number of anilines is 1. The van der Waals surface area contributed by atoms with E-state index < -0.39 is 0 Å². The first-order valence-electron chi connectivity index (χ1n) is 5.43. The van der Waals surface area contributed by atoms with Crippen LogP contribution in [0.4, 0.5) is 5.69 Å². The highest BCUT2D eigenvalue weighted by Gasteiger charge is 2.22. The van der Waals surface area contributed by atoms with Crippen LogP contribution in [0, 0.1) is 0 Å². The summed E-state index contributed by atoms with van der Waals surface area (Å²) in [7, 11) is 1.70. The quantitative estimate of drug-likeness (QED) is 0.614. The minimum absolute atomic E-state index is 0.0212. The van der Waals surface area contributed by atoms with Crippen molar-refractivity contribution in [3.8, 4) is 0 Å². The molecule has 2 heterocycles. The molecule has 1 fully saturated rings. The van der Waals surface area contributed by atoms with Gasteiger partial charge >= 0.3 is 0 Å². The van der Waals surface area contributed by atoms with Crippen molar-refractivity contribution in [1.82, 2.24) is 20.4 Å². The molecule has 0 aliphatic carbocycles. The molecule has 0 bridgehead atoms. The van der Waals surface area contributed by atoms with Crippen LogP contribution in [0.5, 0.6) is 0 Å². The number of hydrogen-bond donors (Lipinski definition) is 3. The van der Waals surface area contributed by atoms with Crippen LogP contribution in [-0.4, -0.2) is 34.2 Å². The summed E-state index contributed by atoms with van der Waals surface area (Å²) in [5.74, 6) is -0.280. The predicted molar refractivity (Wildman–Crippen MR) is 61.1 cm³/mol. The maximum absolute atomic E-state index is 11.8. The van der Waals surface area contributed by atoms with Crippen molar-refractivity contribution < 1.29 is 9.59 Å². The van der Waals surface area contributed by atoms with E-state index in [1.165, 1.54) is 4.68 Å². The number of nitrogens with zero attached hydrogens (tertiary/aromatic N) is 2. The molecule has 0 spiro atoms. The van der Waals surface area contributed by atoms with Crippen LogP contribution in [-0.2, 0) is 11.8 Å². The van der Waals surface area contributed by atoms with E-state index in [1.807, 2.05) is 0 Å². The first kappa shape index (κ1) is 11.4. The third-order valence-corrected chi connectivity index (χ3v) is 2.67. The number of carbonyl (C=O) groups excluding carboxylic acids is 2. The minimum Gasteiger partial charge on any atom is -0.396 e. The average Bonchev–Trinajstić information content (AvgIpc) is 2.61. The van der Waals surface area contributed by atoms with Gasteiger partial charge < -0.3 is 16.4 Å². The van der Waals surface area contributed by atoms with Crippen molar-refractivity contribution in [2.75, 3.05) is 12.3 Å². The maximum atomic E-state index is 11.8. The normalized spacial score (nSPS) is 19.8. The van der Waals surface area contributed by atoms with E-state index in [0.29, 0.717) is 25.1 Å². The molecule has 1 aromatic rings. The van der Waals surface area contributed by atoms with Gasteiger partial charge in [0.25, 0.3) is 5.91 Å². The zero-order chi connectivity index (χ0) is 12.4. The van der Waals surface area contributed by atoms with Crippen LogP contribution in [0.15, 0.2) is 6.20 Å². The fourth-order valence-corrected chi connectivity index (χ4v) is 1.79. The summed E-state index contributed by atoms with van der Waals surface area (Å²) < 4.78 is 1.49. The maximum Gasteiger partial charge on any atom is 0.274 e. The third-order valence-electron chi connectivity index (χ3n) is 2.67. The Morgan fingerprint density at radius 2 is 2.47 bits per heavy atom. The van der Waals surface area contributed by atoms with Gasteiger partial charge in [-0.2, -0.15) is 5.10 Å². The zero-order valence-electron chi connectivity index (χ0n) is 9.56. The van der Waals surface area contributed by atoms with Gasteiger partial charge in [0, 0.05) is 32.3 Å². The van der Waals surface area contributed by atoms with Gasteiger partial charge in [0.05, 0.1) is 5.69 Å². The summed E-state index contributed by atoms with van der Waals surface area (Å²) in [6, 6.07) is -0.0541. The third kappa shape index (κ3) is 2.55. The van der Waals surface area contributed by atoms with Crippen molar-refractivity contribution in [3.63, 3.8) is 0 Å². The lowest BCUT2D eigenvalue weighted by Crippen LogP contribution is -2.47. The van der Waals surface area contributed by atoms with Crippen molar-refractivity contribution in [2.24, 2.45) is 7.05 Å². The molecule has 0 aromatic carbocycles. The Balaban J connectivity index is 1.97. The summed E-state index contributed by atoms with van der Waals surface area (Å²) in [5, 5.41) is 9.48. The van der Waals surface area contributed by atoms with Crippen LogP contribution < -0.4 is 16.4 Å². The van der Waals surface area contributed by atoms with Crippen LogP contribution in [0.1, 0.15) is 23.3 Å². The molecule has 7 heteroatoms. The number of aryl methyl sites for hydroxylation is 1. The highest BCUT2D eigenvalue weighted by molar-refractivity contribution is 5.97. The number of hydrogen-bond acceptors (Lipinski definition) is 4. The van der Waals surface area contributed by atoms with Gasteiger partial charge in [-0.15, -0.1) is 0 Å². The van der Waals surface area contributed by atoms with Gasteiger partial charge in [-0.25, -0.2) is 0 Å². The van der Waals surface area contributed by atoms with E-state index >= 15 is 0 Å². The van der Waals surface area contributed by atoms with Crippen molar-refractivity contribution >= 4 is 17.5 Å². The molecule has 1 aliphatic rings. The molecule has 1 aromatic heterocycles. The second kappa shape index (κ2) is 4.44. The number of rotatable bonds is 2. The van der Waals surface area contributed by atoms with E-state index in [1.54, 1.807) is 13.2 Å². The van der Waals surface area contributed by atoms with Crippen LogP contribution in [0.3, 0.4) is 0 Å². The molecule has 2 rings (SSSR count). The first-order chi connectivity index (χ1) is 8.06. The number of nitrogens with two attached hydrogens (primary N) is 1. The SMILES string of the molecule is Cn1cc(N)c(C(=O)NC2CCC(=O)NC2)n1. The largest absolute Gasteiger partial charge is 0.396 e. The van der Waals surface area contributed by atoms with Gasteiger partial charge in [-0.1, -0.05) is 0 Å². The number of nitrogens with one attached hydrogen (secondary N) is 2. The second-order valence-electron chi connectivity index (χ2n) is 4.12. The lowest BCUT2D eigenvalue weighted by Gasteiger charge is -2.23. The van der Waals surface area contributed by atoms with E-state index in [9.17, 15) is 9.59 Å². The highest BCUT2D eigenvalue weighted by atomic mass is 16.2. The lowest BCUT2D eigenvalue weighted by molar-refractivity contribution is -0.122. The van der Waals surface area contributed by atoms with Crippen LogP contribution in [0.25, 0.3) is 0 Å². The molecule has 1 atom stereocenters. The van der Waals surface area contributed by atoms with Gasteiger partial charge in [0.1, 0.15) is 0 Å². The number of amides is 2. The minimum atomic E-state index is -0.302. The van der Waals surface area contributed by atoms with Crippen LogP contribution >= 0.6 is 0 Å². The first-order valence-corrected chi connectivity index (χ1v) is 5.43. The van der Waals surface area contributed by atoms with Gasteiger partial charge in [-0.3, -0.25) is 14.3 Å². The molecule has 2 amide bonds. The Morgan fingerprint density at radius 3 is 3.00 bits per heavy atom. The van der Waals surface area contributed by atoms with Gasteiger partial charge in [0.15, 0.2) is 5.69 Å². The van der Waals surface area contributed by atoms with E-state index in [0.717, 1.165) is 0 Å². The van der Waals surface area contributed by atoms with Gasteiger partial charge in [-0.05, 0) is 6.42 Å². The molecule has 1 saturated heterocycles. The molecule has 4 N–H and O–H groups in total. The van der Waals surface area contributed by atoms with Crippen molar-refractivity contribution in [1.29, 1.82) is 0 Å². The lowest BCUT2D eigenvalue weighted by atomic mass is 10.1. The Morgan fingerprint density at radius 1 is 1.71 bits per heavy atom. The average molecular weight is 237 g/mol.